The van der Waals surface area contributed by atoms with E-state index in [0.717, 1.165) is 35.5 Å². The summed E-state index contributed by atoms with van der Waals surface area (Å²) in [5.74, 6) is 2.67. The highest BCUT2D eigenvalue weighted by molar-refractivity contribution is 5.99. The minimum absolute atomic E-state index is 0.132. The van der Waals surface area contributed by atoms with Crippen LogP contribution in [-0.4, -0.2) is 32.5 Å². The van der Waals surface area contributed by atoms with Crippen molar-refractivity contribution in [3.05, 3.63) is 66.1 Å². The van der Waals surface area contributed by atoms with E-state index >= 15 is 0 Å². The zero-order valence-electron chi connectivity index (χ0n) is 15.8. The van der Waals surface area contributed by atoms with Crippen molar-refractivity contribution < 1.29 is 14.1 Å². The van der Waals surface area contributed by atoms with E-state index in [1.54, 1.807) is 7.11 Å². The van der Waals surface area contributed by atoms with Crippen LogP contribution in [0.5, 0.6) is 5.75 Å². The number of pyridine rings is 1. The summed E-state index contributed by atoms with van der Waals surface area (Å²) >= 11 is 0. The lowest BCUT2D eigenvalue weighted by Crippen LogP contribution is -2.23. The van der Waals surface area contributed by atoms with E-state index in [1.807, 2.05) is 53.1 Å². The summed E-state index contributed by atoms with van der Waals surface area (Å²) in [7, 11) is 1.61. The van der Waals surface area contributed by atoms with Gasteiger partial charge >= 0.3 is 0 Å². The third-order valence-electron chi connectivity index (χ3n) is 4.95. The van der Waals surface area contributed by atoms with Crippen LogP contribution in [0.4, 0.5) is 0 Å². The Morgan fingerprint density at radius 3 is 2.79 bits per heavy atom. The first-order valence-electron chi connectivity index (χ1n) is 9.45. The molecule has 29 heavy (non-hydrogen) atoms. The van der Waals surface area contributed by atoms with Gasteiger partial charge < -0.3 is 19.0 Å². The number of fused-ring (bicyclic) bond motifs is 1. The maximum absolute atomic E-state index is 12.7. The highest BCUT2D eigenvalue weighted by atomic mass is 16.5. The van der Waals surface area contributed by atoms with Gasteiger partial charge in [0.1, 0.15) is 11.6 Å². The van der Waals surface area contributed by atoms with E-state index in [-0.39, 0.29) is 12.5 Å². The predicted molar refractivity (Wildman–Crippen MR) is 105 cm³/mol. The Bertz CT molecular complexity index is 1170. The van der Waals surface area contributed by atoms with Crippen molar-refractivity contribution in [1.82, 2.24) is 24.8 Å². The lowest BCUT2D eigenvalue weighted by Gasteiger charge is -2.00. The molecule has 4 aromatic rings. The van der Waals surface area contributed by atoms with E-state index in [9.17, 15) is 4.79 Å². The van der Waals surface area contributed by atoms with Crippen LogP contribution in [-0.2, 0) is 6.54 Å². The molecular weight excluding hydrogens is 370 g/mol. The molecule has 1 N–H and O–H groups in total. The Labute approximate surface area is 166 Å². The Balaban J connectivity index is 1.31. The van der Waals surface area contributed by atoms with Crippen molar-refractivity contribution in [2.45, 2.75) is 25.3 Å². The summed E-state index contributed by atoms with van der Waals surface area (Å²) in [4.78, 5) is 21.7. The third-order valence-corrected chi connectivity index (χ3v) is 4.95. The molecule has 1 aliphatic carbocycles. The quantitative estimate of drug-likeness (QED) is 0.544. The van der Waals surface area contributed by atoms with Crippen molar-refractivity contribution >= 4 is 11.4 Å². The maximum Gasteiger partial charge on any atom is 0.272 e. The fourth-order valence-electron chi connectivity index (χ4n) is 3.28. The van der Waals surface area contributed by atoms with Gasteiger partial charge in [0.2, 0.25) is 11.7 Å². The number of aromatic nitrogens is 4. The average molecular weight is 389 g/mol. The molecule has 146 valence electrons. The predicted octanol–water partition coefficient (Wildman–Crippen LogP) is 3.20. The summed E-state index contributed by atoms with van der Waals surface area (Å²) in [5.41, 5.74) is 2.03. The number of ether oxygens (including phenoxy) is 1. The molecule has 0 bridgehead atoms. The van der Waals surface area contributed by atoms with Gasteiger partial charge in [-0.1, -0.05) is 11.2 Å². The van der Waals surface area contributed by atoms with Crippen LogP contribution >= 0.6 is 0 Å². The second kappa shape index (κ2) is 7.05. The molecule has 8 heteroatoms. The van der Waals surface area contributed by atoms with E-state index in [4.69, 9.17) is 9.26 Å². The van der Waals surface area contributed by atoms with Crippen LogP contribution in [0.3, 0.4) is 0 Å². The lowest BCUT2D eigenvalue weighted by atomic mass is 10.2. The molecule has 1 fully saturated rings. The van der Waals surface area contributed by atoms with Crippen molar-refractivity contribution in [3.63, 3.8) is 0 Å². The number of amides is 1. The Morgan fingerprint density at radius 1 is 1.21 bits per heavy atom. The molecule has 1 saturated carbocycles. The number of carbonyl (C=O) groups is 1. The number of nitrogens with zero attached hydrogens (tertiary/aromatic N) is 4. The van der Waals surface area contributed by atoms with E-state index in [2.05, 4.69) is 20.4 Å². The molecule has 1 aliphatic rings. The highest BCUT2D eigenvalue weighted by Crippen LogP contribution is 2.40. The van der Waals surface area contributed by atoms with Crippen molar-refractivity contribution in [1.29, 1.82) is 0 Å². The molecular formula is C21H19N5O3. The van der Waals surface area contributed by atoms with Gasteiger partial charge in [0.05, 0.1) is 19.2 Å². The van der Waals surface area contributed by atoms with Crippen LogP contribution in [0, 0.1) is 0 Å². The molecule has 0 spiro atoms. The first-order valence-corrected chi connectivity index (χ1v) is 9.45. The van der Waals surface area contributed by atoms with Crippen LogP contribution in [0.2, 0.25) is 0 Å². The summed E-state index contributed by atoms with van der Waals surface area (Å²) in [6, 6.07) is 13.1. The molecule has 3 aromatic heterocycles. The zero-order valence-corrected chi connectivity index (χ0v) is 15.8. The normalized spacial score (nSPS) is 13.6. The SMILES string of the molecule is COc1ccc(-c2noc(CNC(=O)c3nc(C4CC4)n4ccccc34)n2)cc1. The monoisotopic (exact) mass is 389 g/mol. The molecule has 3 heterocycles. The molecule has 0 aliphatic heterocycles. The standard InChI is InChI=1S/C21H19N5O3/c1-28-15-9-7-13(8-10-15)19-23-17(29-25-19)12-22-21(27)18-16-4-2-3-11-26(16)20(24-18)14-5-6-14/h2-4,7-11,14H,5-6,12H2,1H3,(H,22,27). The number of imidazole rings is 1. The lowest BCUT2D eigenvalue weighted by molar-refractivity contribution is 0.0943. The van der Waals surface area contributed by atoms with Gasteiger partial charge in [-0.05, 0) is 49.2 Å². The fourth-order valence-corrected chi connectivity index (χ4v) is 3.28. The van der Waals surface area contributed by atoms with Crippen LogP contribution in [0.15, 0.2) is 53.2 Å². The Kier molecular flexibility index (Phi) is 4.23. The number of nitrogens with one attached hydrogen (secondary N) is 1. The smallest absolute Gasteiger partial charge is 0.272 e. The number of benzene rings is 1. The summed E-state index contributed by atoms with van der Waals surface area (Å²) in [6.07, 6.45) is 4.18. The Hall–Kier alpha value is -3.68. The van der Waals surface area contributed by atoms with E-state index in [1.165, 1.54) is 0 Å². The van der Waals surface area contributed by atoms with Gasteiger partial charge in [-0.15, -0.1) is 0 Å². The number of carbonyl (C=O) groups excluding carboxylic acids is 1. The summed E-state index contributed by atoms with van der Waals surface area (Å²) < 4.78 is 12.4. The second-order valence-electron chi connectivity index (χ2n) is 6.97. The first-order chi connectivity index (χ1) is 14.2. The topological polar surface area (TPSA) is 94.6 Å². The molecule has 5 rings (SSSR count). The number of methoxy groups -OCH3 is 1. The Morgan fingerprint density at radius 2 is 2.03 bits per heavy atom. The highest BCUT2D eigenvalue weighted by Gasteiger charge is 2.30. The van der Waals surface area contributed by atoms with Crippen LogP contribution in [0.1, 0.15) is 41.0 Å². The number of rotatable bonds is 6. The molecule has 0 unspecified atom stereocenters. The van der Waals surface area contributed by atoms with Crippen molar-refractivity contribution in [3.8, 4) is 17.1 Å². The zero-order chi connectivity index (χ0) is 19.8. The fraction of sp³-hybridized carbons (Fsp3) is 0.238. The van der Waals surface area contributed by atoms with Gasteiger partial charge in [-0.25, -0.2) is 4.98 Å². The molecule has 0 atom stereocenters. The molecule has 1 aromatic carbocycles. The van der Waals surface area contributed by atoms with Gasteiger partial charge in [-0.3, -0.25) is 4.79 Å². The van der Waals surface area contributed by atoms with Gasteiger partial charge in [0.25, 0.3) is 5.91 Å². The number of hydrogen-bond donors (Lipinski definition) is 1. The largest absolute Gasteiger partial charge is 0.497 e. The minimum Gasteiger partial charge on any atom is -0.497 e. The summed E-state index contributed by atoms with van der Waals surface area (Å²) in [6.45, 7) is 0.132. The van der Waals surface area contributed by atoms with Crippen molar-refractivity contribution in [2.75, 3.05) is 7.11 Å². The average Bonchev–Trinajstić information content (AvgIpc) is 3.37. The second-order valence-corrected chi connectivity index (χ2v) is 6.97. The molecule has 8 nitrogen and oxygen atoms in total. The first kappa shape index (κ1) is 17.4. The maximum atomic E-state index is 12.7. The molecule has 0 saturated heterocycles. The van der Waals surface area contributed by atoms with Crippen LogP contribution < -0.4 is 10.1 Å². The van der Waals surface area contributed by atoms with E-state index in [0.29, 0.717) is 23.3 Å². The van der Waals surface area contributed by atoms with Crippen molar-refractivity contribution in [2.24, 2.45) is 0 Å². The van der Waals surface area contributed by atoms with Gasteiger partial charge in [-0.2, -0.15) is 4.98 Å². The number of hydrogen-bond acceptors (Lipinski definition) is 6. The molecule has 1 amide bonds. The van der Waals surface area contributed by atoms with E-state index < -0.39 is 0 Å². The third kappa shape index (κ3) is 3.33. The van der Waals surface area contributed by atoms with Gasteiger partial charge in [0, 0.05) is 17.7 Å². The summed E-state index contributed by atoms with van der Waals surface area (Å²) in [5, 5.41) is 6.81. The molecule has 0 radical (unpaired) electrons. The van der Waals surface area contributed by atoms with Gasteiger partial charge in [0.15, 0.2) is 5.69 Å². The minimum atomic E-state index is -0.259. The van der Waals surface area contributed by atoms with Crippen LogP contribution in [0.25, 0.3) is 16.9 Å².